The van der Waals surface area contributed by atoms with E-state index < -0.39 is 0 Å². The average Bonchev–Trinajstić information content (AvgIpc) is 3.25. The van der Waals surface area contributed by atoms with Crippen molar-refractivity contribution in [1.82, 2.24) is 0 Å². The highest BCUT2D eigenvalue weighted by Crippen LogP contribution is 2.48. The van der Waals surface area contributed by atoms with Crippen LogP contribution >= 0.6 is 0 Å². The molecule has 0 saturated heterocycles. The lowest BCUT2D eigenvalue weighted by Crippen LogP contribution is -2.20. The van der Waals surface area contributed by atoms with E-state index in [1.807, 2.05) is 25.1 Å². The number of benzene rings is 1. The fraction of sp³-hybridized carbons (Fsp3) is 0.526. The van der Waals surface area contributed by atoms with Crippen molar-refractivity contribution in [2.45, 2.75) is 52.1 Å². The number of hydrogen-bond acceptors (Lipinski definition) is 2. The fourth-order valence-electron chi connectivity index (χ4n) is 2.53. The highest BCUT2D eigenvalue weighted by molar-refractivity contribution is 5.77. The molecule has 1 aliphatic rings. The fourth-order valence-corrected chi connectivity index (χ4v) is 2.53. The van der Waals surface area contributed by atoms with Gasteiger partial charge in [-0.15, -0.1) is 0 Å². The Bertz CT molecular complexity index is 521. The van der Waals surface area contributed by atoms with Gasteiger partial charge in [0.05, 0.1) is 5.92 Å². The predicted octanol–water partition coefficient (Wildman–Crippen LogP) is 4.16. The molecule has 21 heavy (non-hydrogen) atoms. The minimum atomic E-state index is -0.255. The van der Waals surface area contributed by atoms with Crippen LogP contribution in [-0.4, -0.2) is 12.1 Å². The number of ether oxygens (including phenoxy) is 1. The summed E-state index contributed by atoms with van der Waals surface area (Å²) in [6.07, 6.45) is 2.25. The molecule has 2 heteroatoms. The molecule has 112 valence electrons. The van der Waals surface area contributed by atoms with E-state index in [0.717, 1.165) is 19.3 Å². The van der Waals surface area contributed by atoms with Crippen LogP contribution in [0.3, 0.4) is 0 Å². The molecule has 1 aromatic carbocycles. The van der Waals surface area contributed by atoms with Crippen LogP contribution in [0.5, 0.6) is 0 Å². The summed E-state index contributed by atoms with van der Waals surface area (Å²) in [5.41, 5.74) is 1.24. The first-order valence-corrected chi connectivity index (χ1v) is 7.85. The molecular weight excluding hydrogens is 260 g/mol. The molecule has 0 aromatic heterocycles. The van der Waals surface area contributed by atoms with Crippen LogP contribution in [0.25, 0.3) is 0 Å². The van der Waals surface area contributed by atoms with Crippen molar-refractivity contribution in [1.29, 1.82) is 0 Å². The third kappa shape index (κ3) is 4.63. The van der Waals surface area contributed by atoms with Crippen molar-refractivity contribution in [3.63, 3.8) is 0 Å². The van der Waals surface area contributed by atoms with Crippen molar-refractivity contribution < 1.29 is 9.53 Å². The Morgan fingerprint density at radius 3 is 2.67 bits per heavy atom. The summed E-state index contributed by atoms with van der Waals surface area (Å²) in [6.45, 7) is 6.25. The van der Waals surface area contributed by atoms with Crippen molar-refractivity contribution in [2.75, 3.05) is 0 Å². The zero-order valence-corrected chi connectivity index (χ0v) is 13.1. The first-order chi connectivity index (χ1) is 10.1. The summed E-state index contributed by atoms with van der Waals surface area (Å²) < 4.78 is 5.63. The van der Waals surface area contributed by atoms with Gasteiger partial charge in [-0.2, -0.15) is 0 Å². The van der Waals surface area contributed by atoms with Crippen molar-refractivity contribution >= 4 is 5.97 Å². The van der Waals surface area contributed by atoms with Gasteiger partial charge in [0.2, 0.25) is 0 Å². The summed E-state index contributed by atoms with van der Waals surface area (Å²) in [4.78, 5) is 12.3. The highest BCUT2D eigenvalue weighted by atomic mass is 16.5. The van der Waals surface area contributed by atoms with Crippen molar-refractivity contribution in [3.05, 3.63) is 35.9 Å². The van der Waals surface area contributed by atoms with Gasteiger partial charge in [-0.3, -0.25) is 4.79 Å². The van der Waals surface area contributed by atoms with E-state index in [2.05, 4.69) is 37.8 Å². The first-order valence-electron chi connectivity index (χ1n) is 7.85. The average molecular weight is 284 g/mol. The second-order valence-electron chi connectivity index (χ2n) is 6.09. The summed E-state index contributed by atoms with van der Waals surface area (Å²) in [7, 11) is 0. The maximum atomic E-state index is 12.3. The number of hydrogen-bond donors (Lipinski definition) is 0. The number of esters is 1. The molecule has 0 aliphatic heterocycles. The smallest absolute Gasteiger partial charge is 0.310 e. The predicted molar refractivity (Wildman–Crippen MR) is 84.7 cm³/mol. The Labute approximate surface area is 127 Å². The van der Waals surface area contributed by atoms with Gasteiger partial charge in [-0.05, 0) is 30.2 Å². The van der Waals surface area contributed by atoms with Gasteiger partial charge in [0.25, 0.3) is 0 Å². The first kappa shape index (κ1) is 15.6. The molecule has 0 amide bonds. The van der Waals surface area contributed by atoms with E-state index in [1.165, 1.54) is 5.56 Å². The summed E-state index contributed by atoms with van der Waals surface area (Å²) in [6, 6.07) is 10.2. The van der Waals surface area contributed by atoms with Gasteiger partial charge >= 0.3 is 5.97 Å². The normalized spacial score (nSPS) is 21.3. The summed E-state index contributed by atoms with van der Waals surface area (Å²) in [5.74, 6) is 6.85. The van der Waals surface area contributed by atoms with Gasteiger partial charge in [0.1, 0.15) is 0 Å². The van der Waals surface area contributed by atoms with Crippen molar-refractivity contribution in [2.24, 2.45) is 11.8 Å². The lowest BCUT2D eigenvalue weighted by molar-refractivity contribution is -0.148. The SMILES string of the molecule is CCC#CC(CC(C)C)OC(=O)C1CC1c1ccccc1. The molecule has 3 unspecified atom stereocenters. The zero-order chi connectivity index (χ0) is 15.2. The van der Waals surface area contributed by atoms with E-state index in [4.69, 9.17) is 4.74 Å². The third-order valence-electron chi connectivity index (χ3n) is 3.70. The molecular formula is C19H24O2. The van der Waals surface area contributed by atoms with Gasteiger partial charge in [-0.25, -0.2) is 0 Å². The summed E-state index contributed by atoms with van der Waals surface area (Å²) in [5, 5.41) is 0. The van der Waals surface area contributed by atoms with E-state index in [0.29, 0.717) is 11.8 Å². The molecule has 1 aliphatic carbocycles. The van der Waals surface area contributed by atoms with Crippen LogP contribution < -0.4 is 0 Å². The Morgan fingerprint density at radius 2 is 2.05 bits per heavy atom. The van der Waals surface area contributed by atoms with E-state index in [-0.39, 0.29) is 18.0 Å². The van der Waals surface area contributed by atoms with Crippen LogP contribution in [0.2, 0.25) is 0 Å². The van der Waals surface area contributed by atoms with Gasteiger partial charge in [-0.1, -0.05) is 62.9 Å². The lowest BCUT2D eigenvalue weighted by Gasteiger charge is -2.14. The molecule has 1 aromatic rings. The van der Waals surface area contributed by atoms with Crippen LogP contribution in [-0.2, 0) is 9.53 Å². The quantitative estimate of drug-likeness (QED) is 0.599. The van der Waals surface area contributed by atoms with Crippen molar-refractivity contribution in [3.8, 4) is 11.8 Å². The number of carbonyl (C=O) groups excluding carboxylic acids is 1. The molecule has 2 nitrogen and oxygen atoms in total. The topological polar surface area (TPSA) is 26.3 Å². The maximum absolute atomic E-state index is 12.3. The monoisotopic (exact) mass is 284 g/mol. The largest absolute Gasteiger partial charge is 0.449 e. The van der Waals surface area contributed by atoms with Gasteiger partial charge in [0, 0.05) is 6.42 Å². The van der Waals surface area contributed by atoms with Crippen LogP contribution in [0.4, 0.5) is 0 Å². The van der Waals surface area contributed by atoms with E-state index in [9.17, 15) is 4.79 Å². The summed E-state index contributed by atoms with van der Waals surface area (Å²) >= 11 is 0. The standard InChI is InChI=1S/C19H24O2/c1-4-5-11-16(12-14(2)3)21-19(20)18-13-17(18)15-9-7-6-8-10-15/h6-10,14,16-18H,4,12-13H2,1-3H3. The Balaban J connectivity index is 1.91. The Hall–Kier alpha value is -1.75. The highest BCUT2D eigenvalue weighted by Gasteiger charge is 2.45. The second kappa shape index (κ2) is 7.31. The molecule has 3 atom stereocenters. The van der Waals surface area contributed by atoms with Crippen LogP contribution in [0.1, 0.15) is 51.5 Å². The molecule has 1 fully saturated rings. The number of carbonyl (C=O) groups is 1. The minimum absolute atomic E-state index is 0.0190. The van der Waals surface area contributed by atoms with Crippen LogP contribution in [0.15, 0.2) is 30.3 Å². The van der Waals surface area contributed by atoms with E-state index in [1.54, 1.807) is 0 Å². The minimum Gasteiger partial charge on any atom is -0.449 e. The zero-order valence-electron chi connectivity index (χ0n) is 13.1. The lowest BCUT2D eigenvalue weighted by atomic mass is 10.1. The maximum Gasteiger partial charge on any atom is 0.310 e. The second-order valence-corrected chi connectivity index (χ2v) is 6.09. The molecule has 0 N–H and O–H groups in total. The Kier molecular flexibility index (Phi) is 5.44. The van der Waals surface area contributed by atoms with E-state index >= 15 is 0 Å². The van der Waals surface area contributed by atoms with Crippen LogP contribution in [0, 0.1) is 23.7 Å². The number of rotatable bonds is 5. The molecule has 0 heterocycles. The molecule has 0 spiro atoms. The van der Waals surface area contributed by atoms with Gasteiger partial charge < -0.3 is 4.74 Å². The molecule has 0 bridgehead atoms. The van der Waals surface area contributed by atoms with Gasteiger partial charge in [0.15, 0.2) is 6.10 Å². The molecule has 1 saturated carbocycles. The third-order valence-corrected chi connectivity index (χ3v) is 3.70. The molecule has 0 radical (unpaired) electrons. The Morgan fingerprint density at radius 1 is 1.33 bits per heavy atom. The molecule has 2 rings (SSSR count).